The van der Waals surface area contributed by atoms with Gasteiger partial charge in [-0.1, -0.05) is 41.9 Å². The largest absolute Gasteiger partial charge is 0.483 e. The topological polar surface area (TPSA) is 101 Å². The summed E-state index contributed by atoms with van der Waals surface area (Å²) in [6.07, 6.45) is 2.37. The first-order chi connectivity index (χ1) is 17.4. The van der Waals surface area contributed by atoms with Crippen molar-refractivity contribution < 1.29 is 14.3 Å². The van der Waals surface area contributed by atoms with Gasteiger partial charge in [-0.15, -0.1) is 0 Å². The molecule has 0 unspecified atom stereocenters. The monoisotopic (exact) mass is 510 g/mol. The first-order valence-corrected chi connectivity index (χ1v) is 12.2. The van der Waals surface area contributed by atoms with Crippen LogP contribution in [0.1, 0.15) is 29.2 Å². The molecule has 0 aliphatic rings. The van der Waals surface area contributed by atoms with E-state index in [2.05, 4.69) is 16.1 Å². The maximum atomic E-state index is 13.0. The molecule has 3 aromatic rings. The Morgan fingerprint density at radius 2 is 1.81 bits per heavy atom. The van der Waals surface area contributed by atoms with Gasteiger partial charge in [0, 0.05) is 42.0 Å². The van der Waals surface area contributed by atoms with Crippen LogP contribution in [0.25, 0.3) is 0 Å². The number of aryl methyl sites for hydroxylation is 1. The van der Waals surface area contributed by atoms with Gasteiger partial charge in [0.2, 0.25) is 5.91 Å². The van der Waals surface area contributed by atoms with Crippen LogP contribution in [0, 0.1) is 6.92 Å². The highest BCUT2D eigenvalue weighted by molar-refractivity contribution is 6.30. The van der Waals surface area contributed by atoms with E-state index in [-0.39, 0.29) is 36.9 Å². The first-order valence-electron chi connectivity index (χ1n) is 11.8. The number of rotatable bonds is 12. The van der Waals surface area contributed by atoms with Crippen LogP contribution < -0.4 is 26.4 Å². The minimum atomic E-state index is -0.313. The fourth-order valence-electron chi connectivity index (χ4n) is 3.61. The van der Waals surface area contributed by atoms with Crippen LogP contribution in [0.4, 0.5) is 0 Å². The average molecular weight is 511 g/mol. The lowest BCUT2D eigenvalue weighted by Crippen LogP contribution is -2.35. The third kappa shape index (κ3) is 7.88. The molecular weight excluding hydrogens is 480 g/mol. The zero-order valence-corrected chi connectivity index (χ0v) is 21.2. The second-order valence-corrected chi connectivity index (χ2v) is 8.68. The van der Waals surface area contributed by atoms with E-state index in [0.29, 0.717) is 35.0 Å². The predicted molar refractivity (Wildman–Crippen MR) is 141 cm³/mol. The molecule has 0 aliphatic carbocycles. The quantitative estimate of drug-likeness (QED) is 0.348. The van der Waals surface area contributed by atoms with Gasteiger partial charge >= 0.3 is 0 Å². The lowest BCUT2D eigenvalue weighted by atomic mass is 10.1. The summed E-state index contributed by atoms with van der Waals surface area (Å²) in [4.78, 5) is 37.4. The van der Waals surface area contributed by atoms with Gasteiger partial charge in [0.15, 0.2) is 6.61 Å². The normalized spacial score (nSPS) is 10.5. The molecule has 0 saturated carbocycles. The van der Waals surface area contributed by atoms with Crippen LogP contribution in [-0.4, -0.2) is 36.2 Å². The molecule has 8 nitrogen and oxygen atoms in total. The van der Waals surface area contributed by atoms with E-state index in [1.807, 2.05) is 50.2 Å². The third-order valence-electron chi connectivity index (χ3n) is 5.53. The van der Waals surface area contributed by atoms with Gasteiger partial charge in [-0.05, 0) is 55.7 Å². The molecule has 1 aromatic heterocycles. The molecule has 190 valence electrons. The van der Waals surface area contributed by atoms with E-state index in [1.54, 1.807) is 24.4 Å². The molecule has 2 aromatic carbocycles. The molecule has 0 aliphatic heterocycles. The average Bonchev–Trinajstić information content (AvgIpc) is 2.87. The number of nitrogens with zero attached hydrogens (tertiary/aromatic N) is 1. The van der Waals surface area contributed by atoms with E-state index in [1.165, 1.54) is 10.2 Å². The fourth-order valence-corrected chi connectivity index (χ4v) is 3.80. The molecule has 0 saturated heterocycles. The van der Waals surface area contributed by atoms with Crippen LogP contribution >= 0.6 is 11.6 Å². The van der Waals surface area contributed by atoms with E-state index >= 15 is 0 Å². The summed E-state index contributed by atoms with van der Waals surface area (Å²) in [5.41, 5.74) is 5.81. The minimum absolute atomic E-state index is 0.0679. The molecule has 0 atom stereocenters. The molecule has 1 heterocycles. The summed E-state index contributed by atoms with van der Waals surface area (Å²) >= 11 is 6.12. The number of carbonyl (C=O) groups excluding carboxylic acids is 2. The summed E-state index contributed by atoms with van der Waals surface area (Å²) in [6.45, 7) is 4.71. The Balaban J connectivity index is 1.61. The second-order valence-electron chi connectivity index (χ2n) is 8.24. The molecule has 3 N–H and O–H groups in total. The SMILES string of the molecule is CCNC(=O)COc1ccc(Cl)cc1CNC(=O)Cc1c(C)ccn(NCCc2ccccc2)c1=O. The number of amides is 2. The lowest BCUT2D eigenvalue weighted by molar-refractivity contribution is -0.123. The maximum Gasteiger partial charge on any atom is 0.272 e. The molecule has 0 bridgehead atoms. The summed E-state index contributed by atoms with van der Waals surface area (Å²) in [7, 11) is 0. The van der Waals surface area contributed by atoms with Crippen LogP contribution in [0.5, 0.6) is 5.75 Å². The summed E-state index contributed by atoms with van der Waals surface area (Å²) < 4.78 is 7.02. The smallest absolute Gasteiger partial charge is 0.272 e. The molecule has 0 spiro atoms. The van der Waals surface area contributed by atoms with E-state index in [0.717, 1.165) is 12.0 Å². The van der Waals surface area contributed by atoms with Crippen molar-refractivity contribution in [2.24, 2.45) is 0 Å². The maximum absolute atomic E-state index is 13.0. The number of benzene rings is 2. The van der Waals surface area contributed by atoms with Gasteiger partial charge in [-0.25, -0.2) is 4.68 Å². The van der Waals surface area contributed by atoms with Crippen LogP contribution in [0.3, 0.4) is 0 Å². The minimum Gasteiger partial charge on any atom is -0.483 e. The van der Waals surface area contributed by atoms with Crippen molar-refractivity contribution in [2.45, 2.75) is 33.2 Å². The summed E-state index contributed by atoms with van der Waals surface area (Å²) in [5, 5.41) is 5.96. The van der Waals surface area contributed by atoms with E-state index in [9.17, 15) is 14.4 Å². The number of pyridine rings is 1. The van der Waals surface area contributed by atoms with Crippen molar-refractivity contribution >= 4 is 23.4 Å². The number of likely N-dealkylation sites (N-methyl/N-ethyl adjacent to an activating group) is 1. The van der Waals surface area contributed by atoms with Gasteiger partial charge in [0.1, 0.15) is 5.75 Å². The number of aromatic nitrogens is 1. The number of carbonyl (C=O) groups is 2. The van der Waals surface area contributed by atoms with Gasteiger partial charge in [-0.2, -0.15) is 0 Å². The number of ether oxygens (including phenoxy) is 1. The van der Waals surface area contributed by atoms with Crippen molar-refractivity contribution in [3.05, 3.63) is 98.4 Å². The first kappa shape index (κ1) is 26.8. The van der Waals surface area contributed by atoms with Gasteiger partial charge in [0.05, 0.1) is 6.42 Å². The Morgan fingerprint density at radius 3 is 2.56 bits per heavy atom. The van der Waals surface area contributed by atoms with Gasteiger partial charge in [0.25, 0.3) is 11.5 Å². The molecule has 0 radical (unpaired) electrons. The highest BCUT2D eigenvalue weighted by Gasteiger charge is 2.14. The van der Waals surface area contributed by atoms with Crippen molar-refractivity contribution in [3.63, 3.8) is 0 Å². The lowest BCUT2D eigenvalue weighted by Gasteiger charge is -2.14. The number of halogens is 1. The summed E-state index contributed by atoms with van der Waals surface area (Å²) in [5.74, 6) is -0.102. The molecule has 3 rings (SSSR count). The molecule has 2 amide bonds. The Kier molecular flexibility index (Phi) is 9.94. The third-order valence-corrected chi connectivity index (χ3v) is 5.77. The Labute approximate surface area is 215 Å². The zero-order chi connectivity index (χ0) is 25.9. The van der Waals surface area contributed by atoms with Gasteiger partial charge < -0.3 is 20.8 Å². The van der Waals surface area contributed by atoms with Crippen molar-refractivity contribution in [2.75, 3.05) is 25.1 Å². The van der Waals surface area contributed by atoms with Crippen molar-refractivity contribution in [1.29, 1.82) is 0 Å². The van der Waals surface area contributed by atoms with Crippen LogP contribution in [0.2, 0.25) is 5.02 Å². The number of hydrogen-bond acceptors (Lipinski definition) is 5. The summed E-state index contributed by atoms with van der Waals surface area (Å²) in [6, 6.07) is 16.8. The van der Waals surface area contributed by atoms with Crippen LogP contribution in [0.15, 0.2) is 65.6 Å². The molecule has 0 fully saturated rings. The van der Waals surface area contributed by atoms with Crippen LogP contribution in [-0.2, 0) is 29.0 Å². The number of hydrogen-bond donors (Lipinski definition) is 3. The molecule has 36 heavy (non-hydrogen) atoms. The van der Waals surface area contributed by atoms with Crippen molar-refractivity contribution in [1.82, 2.24) is 15.3 Å². The standard InChI is InChI=1S/C27H31ClN4O4/c1-3-29-26(34)18-36-24-10-9-22(28)15-21(24)17-30-25(33)16-23-19(2)12-14-32(27(23)35)31-13-11-20-7-5-4-6-8-20/h4-10,12,14-15,31H,3,11,13,16-18H2,1-2H3,(H,29,34)(H,30,33). The zero-order valence-electron chi connectivity index (χ0n) is 20.5. The molecular formula is C27H31ClN4O4. The van der Waals surface area contributed by atoms with E-state index < -0.39 is 0 Å². The number of nitrogens with one attached hydrogen (secondary N) is 3. The Hall–Kier alpha value is -3.78. The Morgan fingerprint density at radius 1 is 1.03 bits per heavy atom. The highest BCUT2D eigenvalue weighted by atomic mass is 35.5. The second kappa shape index (κ2) is 13.3. The molecule has 9 heteroatoms. The fraction of sp³-hybridized carbons (Fsp3) is 0.296. The predicted octanol–water partition coefficient (Wildman–Crippen LogP) is 2.97. The van der Waals surface area contributed by atoms with Gasteiger partial charge in [-0.3, -0.25) is 14.4 Å². The van der Waals surface area contributed by atoms with Crippen molar-refractivity contribution in [3.8, 4) is 5.75 Å². The highest BCUT2D eigenvalue weighted by Crippen LogP contribution is 2.23. The van der Waals surface area contributed by atoms with E-state index in [4.69, 9.17) is 16.3 Å². The Bertz CT molecular complexity index is 1240.